The van der Waals surface area contributed by atoms with Crippen LogP contribution in [0.2, 0.25) is 0 Å². The molecule has 1 fully saturated rings. The van der Waals surface area contributed by atoms with Gasteiger partial charge in [-0.25, -0.2) is 0 Å². The minimum atomic E-state index is 0. The van der Waals surface area contributed by atoms with Crippen LogP contribution in [0, 0.1) is 0 Å². The van der Waals surface area contributed by atoms with Gasteiger partial charge in [0, 0.05) is 24.9 Å². The molecule has 1 aromatic heterocycles. The molecule has 5 nitrogen and oxygen atoms in total. The summed E-state index contributed by atoms with van der Waals surface area (Å²) in [5, 5.41) is 3.43. The zero-order chi connectivity index (χ0) is 18.2. The van der Waals surface area contributed by atoms with Crippen LogP contribution in [-0.4, -0.2) is 42.0 Å². The van der Waals surface area contributed by atoms with E-state index in [1.54, 1.807) is 13.3 Å². The predicted molar refractivity (Wildman–Crippen MR) is 109 cm³/mol. The summed E-state index contributed by atoms with van der Waals surface area (Å²) in [6.45, 7) is 3.07. The molecule has 2 heterocycles. The third-order valence-corrected chi connectivity index (χ3v) is 4.82. The Kier molecular flexibility index (Phi) is 8.72. The Balaban J connectivity index is 0.00000261. The monoisotopic (exact) mass is 389 g/mol. The first-order valence-electron chi connectivity index (χ1n) is 9.27. The predicted octanol–water partition coefficient (Wildman–Crippen LogP) is 3.43. The fourth-order valence-corrected chi connectivity index (χ4v) is 3.42. The number of hydrogen-bond donors (Lipinski definition) is 1. The molecule has 146 valence electrons. The average Bonchev–Trinajstić information content (AvgIpc) is 2.97. The summed E-state index contributed by atoms with van der Waals surface area (Å²) in [6.07, 6.45) is 4.86. The average molecular weight is 390 g/mol. The van der Waals surface area contributed by atoms with Crippen molar-refractivity contribution in [2.45, 2.75) is 38.5 Å². The second-order valence-corrected chi connectivity index (χ2v) is 6.72. The fourth-order valence-electron chi connectivity index (χ4n) is 3.42. The summed E-state index contributed by atoms with van der Waals surface area (Å²) < 4.78 is 5.15. The molecule has 1 aliphatic heterocycles. The fraction of sp³-hybridized carbons (Fsp3) is 0.429. The lowest BCUT2D eigenvalue weighted by atomic mass is 10.0. The largest absolute Gasteiger partial charge is 0.380 e. The van der Waals surface area contributed by atoms with Crippen molar-refractivity contribution in [2.24, 2.45) is 0 Å². The number of carbonyl (C=O) groups excluding carboxylic acids is 1. The Morgan fingerprint density at radius 3 is 2.70 bits per heavy atom. The van der Waals surface area contributed by atoms with Gasteiger partial charge in [-0.3, -0.25) is 9.78 Å². The molecule has 1 N–H and O–H groups in total. The smallest absolute Gasteiger partial charge is 0.254 e. The molecule has 1 unspecified atom stereocenters. The highest BCUT2D eigenvalue weighted by Crippen LogP contribution is 2.20. The third-order valence-electron chi connectivity index (χ3n) is 4.82. The summed E-state index contributed by atoms with van der Waals surface area (Å²) in [6, 6.07) is 13.8. The lowest BCUT2D eigenvalue weighted by Gasteiger charge is -2.31. The molecule has 0 radical (unpaired) electrons. The van der Waals surface area contributed by atoms with Crippen molar-refractivity contribution in [3.05, 3.63) is 65.5 Å². The summed E-state index contributed by atoms with van der Waals surface area (Å²) in [5.74, 6) is 0.0755. The number of benzene rings is 1. The molecule has 1 amide bonds. The minimum absolute atomic E-state index is 0. The zero-order valence-corrected chi connectivity index (χ0v) is 16.6. The van der Waals surface area contributed by atoms with Gasteiger partial charge < -0.3 is 15.0 Å². The number of aromatic nitrogens is 1. The van der Waals surface area contributed by atoms with Crippen LogP contribution in [0.1, 0.15) is 40.9 Å². The molecule has 0 spiro atoms. The summed E-state index contributed by atoms with van der Waals surface area (Å²) in [7, 11) is 1.67. The van der Waals surface area contributed by atoms with E-state index in [0.717, 1.165) is 49.2 Å². The number of pyridine rings is 1. The Morgan fingerprint density at radius 1 is 1.19 bits per heavy atom. The van der Waals surface area contributed by atoms with Crippen LogP contribution in [0.5, 0.6) is 0 Å². The number of rotatable bonds is 6. The van der Waals surface area contributed by atoms with Gasteiger partial charge in [0.15, 0.2) is 0 Å². The standard InChI is InChI=1S/C21H27N3O2.ClH/c1-26-16-17-7-9-18(10-8-17)21(25)24(15-19-5-2-3-13-23-19)20-6-4-12-22-14-11-20;/h2-3,5,7-10,13,20,22H,4,6,11-12,14-16H2,1H3;1H. The molecule has 1 atom stereocenters. The van der Waals surface area contributed by atoms with Crippen molar-refractivity contribution in [3.63, 3.8) is 0 Å². The van der Waals surface area contributed by atoms with E-state index in [2.05, 4.69) is 10.3 Å². The van der Waals surface area contributed by atoms with Crippen molar-refractivity contribution in [2.75, 3.05) is 20.2 Å². The third kappa shape index (κ3) is 6.03. The van der Waals surface area contributed by atoms with Gasteiger partial charge in [-0.15, -0.1) is 12.4 Å². The van der Waals surface area contributed by atoms with Gasteiger partial charge >= 0.3 is 0 Å². The minimum Gasteiger partial charge on any atom is -0.380 e. The first kappa shape index (κ1) is 21.4. The summed E-state index contributed by atoms with van der Waals surface area (Å²) in [5.41, 5.74) is 2.71. The number of carbonyl (C=O) groups is 1. The maximum atomic E-state index is 13.3. The molecular weight excluding hydrogens is 362 g/mol. The molecule has 1 saturated heterocycles. The van der Waals surface area contributed by atoms with Gasteiger partial charge in [-0.2, -0.15) is 0 Å². The lowest BCUT2D eigenvalue weighted by Crippen LogP contribution is -2.40. The molecule has 1 aromatic carbocycles. The maximum absolute atomic E-state index is 13.3. The van der Waals surface area contributed by atoms with Gasteiger partial charge in [-0.1, -0.05) is 18.2 Å². The van der Waals surface area contributed by atoms with E-state index >= 15 is 0 Å². The van der Waals surface area contributed by atoms with Crippen LogP contribution >= 0.6 is 12.4 Å². The van der Waals surface area contributed by atoms with Gasteiger partial charge in [0.05, 0.1) is 18.8 Å². The van der Waals surface area contributed by atoms with Crippen molar-refractivity contribution in [3.8, 4) is 0 Å². The number of methoxy groups -OCH3 is 1. The molecule has 0 aliphatic carbocycles. The Morgan fingerprint density at radius 2 is 2.00 bits per heavy atom. The number of nitrogens with zero attached hydrogens (tertiary/aromatic N) is 2. The second kappa shape index (κ2) is 11.0. The Labute approximate surface area is 167 Å². The van der Waals surface area contributed by atoms with Crippen molar-refractivity contribution < 1.29 is 9.53 Å². The van der Waals surface area contributed by atoms with E-state index in [0.29, 0.717) is 13.2 Å². The van der Waals surface area contributed by atoms with E-state index in [4.69, 9.17) is 4.74 Å². The Bertz CT molecular complexity index is 686. The van der Waals surface area contributed by atoms with E-state index in [-0.39, 0.29) is 24.4 Å². The van der Waals surface area contributed by atoms with E-state index in [1.807, 2.05) is 47.4 Å². The van der Waals surface area contributed by atoms with E-state index in [1.165, 1.54) is 0 Å². The number of ether oxygens (including phenoxy) is 1. The Hall–Kier alpha value is -1.95. The highest BCUT2D eigenvalue weighted by molar-refractivity contribution is 5.94. The SMILES string of the molecule is COCc1ccc(C(=O)N(Cc2ccccn2)C2CCCNCC2)cc1.Cl. The first-order valence-corrected chi connectivity index (χ1v) is 9.27. The van der Waals surface area contributed by atoms with Crippen LogP contribution < -0.4 is 5.32 Å². The molecule has 27 heavy (non-hydrogen) atoms. The number of nitrogens with one attached hydrogen (secondary N) is 1. The number of hydrogen-bond acceptors (Lipinski definition) is 4. The molecule has 1 aliphatic rings. The van der Waals surface area contributed by atoms with E-state index < -0.39 is 0 Å². The summed E-state index contributed by atoms with van der Waals surface area (Å²) in [4.78, 5) is 19.7. The molecule has 0 bridgehead atoms. The number of halogens is 1. The highest BCUT2D eigenvalue weighted by Gasteiger charge is 2.26. The molecule has 6 heteroatoms. The highest BCUT2D eigenvalue weighted by atomic mass is 35.5. The van der Waals surface area contributed by atoms with Gasteiger partial charge in [0.1, 0.15) is 0 Å². The quantitative estimate of drug-likeness (QED) is 0.822. The topological polar surface area (TPSA) is 54.5 Å². The normalized spacial score (nSPS) is 16.9. The van der Waals surface area contributed by atoms with Crippen LogP contribution in [0.25, 0.3) is 0 Å². The van der Waals surface area contributed by atoms with Crippen LogP contribution in [-0.2, 0) is 17.9 Å². The second-order valence-electron chi connectivity index (χ2n) is 6.72. The summed E-state index contributed by atoms with van der Waals surface area (Å²) >= 11 is 0. The number of amides is 1. The van der Waals surface area contributed by atoms with Crippen molar-refractivity contribution in [1.29, 1.82) is 0 Å². The molecule has 0 saturated carbocycles. The zero-order valence-electron chi connectivity index (χ0n) is 15.8. The van der Waals surface area contributed by atoms with Crippen LogP contribution in [0.3, 0.4) is 0 Å². The van der Waals surface area contributed by atoms with Gasteiger partial charge in [0.25, 0.3) is 5.91 Å². The van der Waals surface area contributed by atoms with Crippen LogP contribution in [0.15, 0.2) is 48.7 Å². The van der Waals surface area contributed by atoms with Crippen LogP contribution in [0.4, 0.5) is 0 Å². The van der Waals surface area contributed by atoms with Crippen molar-refractivity contribution in [1.82, 2.24) is 15.2 Å². The van der Waals surface area contributed by atoms with Gasteiger partial charge in [0.2, 0.25) is 0 Å². The van der Waals surface area contributed by atoms with Crippen molar-refractivity contribution >= 4 is 18.3 Å². The van der Waals surface area contributed by atoms with E-state index in [9.17, 15) is 4.79 Å². The van der Waals surface area contributed by atoms with Gasteiger partial charge in [-0.05, 0) is 62.2 Å². The molecule has 3 rings (SSSR count). The molecule has 2 aromatic rings. The molecular formula is C21H28ClN3O2. The maximum Gasteiger partial charge on any atom is 0.254 e. The first-order chi connectivity index (χ1) is 12.8. The lowest BCUT2D eigenvalue weighted by molar-refractivity contribution is 0.0642.